The van der Waals surface area contributed by atoms with Crippen LogP contribution in [-0.4, -0.2) is 27.7 Å². The first-order valence-electron chi connectivity index (χ1n) is 9.54. The van der Waals surface area contributed by atoms with Crippen LogP contribution in [0.5, 0.6) is 5.75 Å². The van der Waals surface area contributed by atoms with Crippen molar-refractivity contribution < 1.29 is 14.6 Å². The van der Waals surface area contributed by atoms with Gasteiger partial charge in [0.15, 0.2) is 11.4 Å². The number of aromatic nitrogens is 2. The Kier molecular flexibility index (Phi) is 5.30. The number of benzene rings is 2. The number of fused-ring (bicyclic) bond motifs is 1. The number of esters is 1. The van der Waals surface area contributed by atoms with Gasteiger partial charge >= 0.3 is 5.97 Å². The number of para-hydroxylation sites is 1. The Balaban J connectivity index is 1.92. The second kappa shape index (κ2) is 8.21. The second-order valence-corrected chi connectivity index (χ2v) is 6.88. The lowest BCUT2D eigenvalue weighted by molar-refractivity contribution is 0.0591. The van der Waals surface area contributed by atoms with Crippen LogP contribution in [-0.2, 0) is 17.6 Å². The number of hydrogen-bond acceptors (Lipinski definition) is 5. The fraction of sp³-hybridized carbons (Fsp3) is 0.125. The van der Waals surface area contributed by atoms with E-state index in [1.807, 2.05) is 60.7 Å². The van der Waals surface area contributed by atoms with Gasteiger partial charge in [-0.15, -0.1) is 0 Å². The minimum absolute atomic E-state index is 0.183. The predicted molar refractivity (Wildman–Crippen MR) is 114 cm³/mol. The molecule has 0 fully saturated rings. The van der Waals surface area contributed by atoms with Crippen LogP contribution in [0.15, 0.2) is 77.7 Å². The van der Waals surface area contributed by atoms with E-state index in [0.717, 1.165) is 5.56 Å². The van der Waals surface area contributed by atoms with Gasteiger partial charge in [0.2, 0.25) is 0 Å². The first-order chi connectivity index (χ1) is 14.6. The molecule has 0 saturated carbocycles. The maximum Gasteiger partial charge on any atom is 0.360 e. The summed E-state index contributed by atoms with van der Waals surface area (Å²) in [6, 6.07) is 20.7. The lowest BCUT2D eigenvalue weighted by Crippen LogP contribution is -2.23. The van der Waals surface area contributed by atoms with E-state index >= 15 is 0 Å². The fourth-order valence-electron chi connectivity index (χ4n) is 3.50. The Bertz CT molecular complexity index is 1270. The van der Waals surface area contributed by atoms with E-state index in [9.17, 15) is 14.7 Å². The first kappa shape index (κ1) is 19.4. The molecule has 0 aliphatic rings. The monoisotopic (exact) mass is 400 g/mol. The molecule has 4 aromatic rings. The molecule has 0 aliphatic heterocycles. The molecule has 6 heteroatoms. The van der Waals surface area contributed by atoms with Gasteiger partial charge in [0.05, 0.1) is 18.8 Å². The minimum atomic E-state index is -0.738. The molecule has 0 spiro atoms. The standard InChI is InChI=1S/C24H20N2O4/c1-30-24(29)21-22(27)19-14-17(13-12-16-8-4-2-5-9-16)23(28)26(20(19)15-25-21)18-10-6-3-7-11-18/h2-11,14-15,27H,12-13H2,1H3. The molecular weight excluding hydrogens is 380 g/mol. The van der Waals surface area contributed by atoms with Gasteiger partial charge < -0.3 is 9.84 Å². The molecule has 2 heterocycles. The highest BCUT2D eigenvalue weighted by molar-refractivity contribution is 5.98. The van der Waals surface area contributed by atoms with Gasteiger partial charge in [-0.05, 0) is 36.6 Å². The summed E-state index contributed by atoms with van der Waals surface area (Å²) in [6.07, 6.45) is 2.57. The summed E-state index contributed by atoms with van der Waals surface area (Å²) in [5.41, 5.74) is 2.35. The van der Waals surface area contributed by atoms with Crippen molar-refractivity contribution in [3.8, 4) is 11.4 Å². The van der Waals surface area contributed by atoms with Crippen LogP contribution in [0, 0.1) is 0 Å². The van der Waals surface area contributed by atoms with Gasteiger partial charge in [-0.1, -0.05) is 48.5 Å². The molecule has 150 valence electrons. The quantitative estimate of drug-likeness (QED) is 0.517. The van der Waals surface area contributed by atoms with Crippen molar-refractivity contribution in [1.29, 1.82) is 0 Å². The number of rotatable bonds is 5. The number of pyridine rings is 2. The second-order valence-electron chi connectivity index (χ2n) is 6.88. The number of aryl methyl sites for hydroxylation is 2. The third kappa shape index (κ3) is 3.55. The van der Waals surface area contributed by atoms with Gasteiger partial charge in [-0.2, -0.15) is 0 Å². The van der Waals surface area contributed by atoms with Crippen LogP contribution < -0.4 is 5.56 Å². The van der Waals surface area contributed by atoms with E-state index in [1.54, 1.807) is 6.07 Å². The van der Waals surface area contributed by atoms with Crippen molar-refractivity contribution >= 4 is 16.9 Å². The summed E-state index contributed by atoms with van der Waals surface area (Å²) in [5.74, 6) is -1.04. The number of methoxy groups -OCH3 is 1. The van der Waals surface area contributed by atoms with E-state index in [0.29, 0.717) is 35.0 Å². The summed E-state index contributed by atoms with van der Waals surface area (Å²) < 4.78 is 6.23. The van der Waals surface area contributed by atoms with Crippen molar-refractivity contribution in [2.24, 2.45) is 0 Å². The largest absolute Gasteiger partial charge is 0.505 e. The predicted octanol–water partition coefficient (Wildman–Crippen LogP) is 3.66. The normalized spacial score (nSPS) is 10.8. The highest BCUT2D eigenvalue weighted by atomic mass is 16.5. The topological polar surface area (TPSA) is 81.4 Å². The summed E-state index contributed by atoms with van der Waals surface area (Å²) in [4.78, 5) is 29.4. The zero-order chi connectivity index (χ0) is 21.1. The third-order valence-electron chi connectivity index (χ3n) is 5.03. The molecule has 1 N–H and O–H groups in total. The molecule has 0 radical (unpaired) electrons. The van der Waals surface area contributed by atoms with Crippen molar-refractivity contribution in [3.63, 3.8) is 0 Å². The summed E-state index contributed by atoms with van der Waals surface area (Å²) >= 11 is 0. The first-order valence-corrected chi connectivity index (χ1v) is 9.54. The van der Waals surface area contributed by atoms with Gasteiger partial charge in [-0.3, -0.25) is 9.36 Å². The lowest BCUT2D eigenvalue weighted by atomic mass is 10.0. The maximum atomic E-state index is 13.4. The van der Waals surface area contributed by atoms with Crippen LogP contribution in [0.3, 0.4) is 0 Å². The molecule has 0 unspecified atom stereocenters. The molecule has 0 atom stereocenters. The third-order valence-corrected chi connectivity index (χ3v) is 5.03. The minimum Gasteiger partial charge on any atom is -0.505 e. The van der Waals surface area contributed by atoms with Gasteiger partial charge in [0.1, 0.15) is 0 Å². The van der Waals surface area contributed by atoms with E-state index in [1.165, 1.54) is 17.9 Å². The van der Waals surface area contributed by atoms with Gasteiger partial charge in [0.25, 0.3) is 5.56 Å². The molecule has 0 aliphatic carbocycles. The van der Waals surface area contributed by atoms with Gasteiger partial charge in [-0.25, -0.2) is 9.78 Å². The zero-order valence-corrected chi connectivity index (χ0v) is 16.4. The molecule has 6 nitrogen and oxygen atoms in total. The highest BCUT2D eigenvalue weighted by Gasteiger charge is 2.20. The van der Waals surface area contributed by atoms with Crippen LogP contribution in [0.2, 0.25) is 0 Å². The molecule has 4 rings (SSSR count). The van der Waals surface area contributed by atoms with Crippen LogP contribution in [0.1, 0.15) is 21.6 Å². The zero-order valence-electron chi connectivity index (χ0n) is 16.4. The number of carbonyl (C=O) groups is 1. The Morgan fingerprint density at radius 3 is 2.37 bits per heavy atom. The van der Waals surface area contributed by atoms with E-state index in [4.69, 9.17) is 4.74 Å². The summed E-state index contributed by atoms with van der Waals surface area (Å²) in [5, 5.41) is 11.1. The van der Waals surface area contributed by atoms with Crippen molar-refractivity contribution in [1.82, 2.24) is 9.55 Å². The Morgan fingerprint density at radius 2 is 1.70 bits per heavy atom. The van der Waals surface area contributed by atoms with Crippen molar-refractivity contribution in [3.05, 3.63) is 100 Å². The molecule has 0 amide bonds. The van der Waals surface area contributed by atoms with Crippen LogP contribution in [0.4, 0.5) is 0 Å². The molecule has 2 aromatic heterocycles. The molecule has 30 heavy (non-hydrogen) atoms. The Labute approximate surface area is 173 Å². The Hall–Kier alpha value is -3.93. The fourth-order valence-corrected chi connectivity index (χ4v) is 3.50. The molecule has 0 bridgehead atoms. The number of nitrogens with zero attached hydrogens (tertiary/aromatic N) is 2. The average molecular weight is 400 g/mol. The Morgan fingerprint density at radius 1 is 1.03 bits per heavy atom. The maximum absolute atomic E-state index is 13.4. The SMILES string of the molecule is COC(=O)c1ncc2c(cc(CCc3ccccc3)c(=O)n2-c2ccccc2)c1O. The highest BCUT2D eigenvalue weighted by Crippen LogP contribution is 2.29. The van der Waals surface area contributed by atoms with E-state index < -0.39 is 5.97 Å². The summed E-state index contributed by atoms with van der Waals surface area (Å²) in [6.45, 7) is 0. The van der Waals surface area contributed by atoms with Crippen molar-refractivity contribution in [2.75, 3.05) is 7.11 Å². The molecular formula is C24H20N2O4. The van der Waals surface area contributed by atoms with Crippen LogP contribution >= 0.6 is 0 Å². The average Bonchev–Trinajstić information content (AvgIpc) is 2.79. The van der Waals surface area contributed by atoms with Crippen molar-refractivity contribution in [2.45, 2.75) is 12.8 Å². The molecule has 2 aromatic carbocycles. The number of aromatic hydroxyl groups is 1. The van der Waals surface area contributed by atoms with Gasteiger partial charge in [0, 0.05) is 16.6 Å². The lowest BCUT2D eigenvalue weighted by Gasteiger charge is -2.15. The smallest absolute Gasteiger partial charge is 0.360 e. The summed E-state index contributed by atoms with van der Waals surface area (Å²) in [7, 11) is 1.23. The molecule has 0 saturated heterocycles. The number of hydrogen-bond donors (Lipinski definition) is 1. The van der Waals surface area contributed by atoms with Crippen LogP contribution in [0.25, 0.3) is 16.6 Å². The number of ether oxygens (including phenoxy) is 1. The van der Waals surface area contributed by atoms with E-state index in [-0.39, 0.29) is 17.0 Å². The van der Waals surface area contributed by atoms with E-state index in [2.05, 4.69) is 4.98 Å². The number of carbonyl (C=O) groups excluding carboxylic acids is 1.